The van der Waals surface area contributed by atoms with E-state index in [1.807, 2.05) is 21.0 Å². The lowest BCUT2D eigenvalue weighted by Gasteiger charge is -2.10. The highest BCUT2D eigenvalue weighted by atomic mass is 16.4. The topological polar surface area (TPSA) is 75.8 Å². The van der Waals surface area contributed by atoms with Gasteiger partial charge in [-0.15, -0.1) is 0 Å². The molecule has 0 aliphatic heterocycles. The van der Waals surface area contributed by atoms with Gasteiger partial charge in [-0.2, -0.15) is 0 Å². The minimum atomic E-state index is -0.270. The average molecular weight is 277 g/mol. The Morgan fingerprint density at radius 2 is 2.10 bits per heavy atom. The minimum Gasteiger partial charge on any atom is -0.437 e. The maximum Gasteiger partial charge on any atom is 0.229 e. The summed E-state index contributed by atoms with van der Waals surface area (Å²) < 4.78 is 5.30. The number of hydrogen-bond donors (Lipinski definition) is 0. The minimum absolute atomic E-state index is 0.0200. The molecular weight excluding hydrogens is 258 g/mol. The van der Waals surface area contributed by atoms with Gasteiger partial charge in [-0.3, -0.25) is 14.6 Å². The molecule has 0 saturated carbocycles. The number of carbonyl (C=O) groups is 2. The summed E-state index contributed by atoms with van der Waals surface area (Å²) >= 11 is 0. The zero-order valence-electron chi connectivity index (χ0n) is 12.1. The number of ketones is 2. The van der Waals surface area contributed by atoms with Crippen LogP contribution in [0.4, 0.5) is 0 Å². The molecule has 0 N–H and O–H groups in total. The first-order valence-corrected chi connectivity index (χ1v) is 6.78. The molecule has 6 heteroatoms. The van der Waals surface area contributed by atoms with E-state index in [1.165, 1.54) is 0 Å². The monoisotopic (exact) mass is 277 g/mol. The lowest BCUT2D eigenvalue weighted by molar-refractivity contribution is 0.0938. The number of carbonyl (C=O) groups excluding carboxylic acids is 2. The van der Waals surface area contributed by atoms with E-state index in [-0.39, 0.29) is 29.4 Å². The van der Waals surface area contributed by atoms with E-state index in [1.54, 1.807) is 0 Å². The highest BCUT2D eigenvalue weighted by molar-refractivity contribution is 6.51. The van der Waals surface area contributed by atoms with Gasteiger partial charge in [0, 0.05) is 13.0 Å². The molecule has 1 heterocycles. The largest absolute Gasteiger partial charge is 0.437 e. The quantitative estimate of drug-likeness (QED) is 0.760. The molecule has 1 aliphatic rings. The number of aliphatic imine (C=N–C) groups is 1. The predicted octanol–water partition coefficient (Wildman–Crippen LogP) is 1.40. The van der Waals surface area contributed by atoms with Crippen LogP contribution in [0.1, 0.15) is 46.7 Å². The third kappa shape index (κ3) is 3.01. The van der Waals surface area contributed by atoms with Crippen molar-refractivity contribution in [3.63, 3.8) is 0 Å². The average Bonchev–Trinajstić information content (AvgIpc) is 2.85. The molecule has 0 spiro atoms. The molecule has 0 saturated heterocycles. The van der Waals surface area contributed by atoms with Gasteiger partial charge in [0.15, 0.2) is 11.6 Å². The molecule has 108 valence electrons. The molecule has 0 bridgehead atoms. The number of oxazole rings is 1. The maximum absolute atomic E-state index is 12.2. The van der Waals surface area contributed by atoms with Crippen molar-refractivity contribution in [1.29, 1.82) is 0 Å². The Bertz CT molecular complexity index is 558. The molecule has 1 aromatic heterocycles. The van der Waals surface area contributed by atoms with Crippen LogP contribution in [0.25, 0.3) is 0 Å². The molecule has 0 aromatic carbocycles. The summed E-state index contributed by atoms with van der Waals surface area (Å²) in [6.07, 6.45) is 1.43. The number of Topliss-reactive ketones (excluding diaryl/α,β-unsaturated/α-hetero) is 2. The summed E-state index contributed by atoms with van der Waals surface area (Å²) in [4.78, 5) is 34.5. The number of fused-ring (bicyclic) bond motifs is 1. The highest BCUT2D eigenvalue weighted by Gasteiger charge is 2.34. The van der Waals surface area contributed by atoms with Crippen LogP contribution in [0.2, 0.25) is 0 Å². The Kier molecular flexibility index (Phi) is 4.44. The van der Waals surface area contributed by atoms with Gasteiger partial charge < -0.3 is 9.32 Å². The molecule has 6 nitrogen and oxygen atoms in total. The molecule has 1 aromatic rings. The number of rotatable bonds is 5. The van der Waals surface area contributed by atoms with Gasteiger partial charge in [0.25, 0.3) is 0 Å². The van der Waals surface area contributed by atoms with Crippen LogP contribution in [-0.2, 0) is 6.42 Å². The third-order valence-corrected chi connectivity index (χ3v) is 3.10. The van der Waals surface area contributed by atoms with E-state index in [4.69, 9.17) is 4.42 Å². The molecule has 0 fully saturated rings. The van der Waals surface area contributed by atoms with Crippen molar-refractivity contribution in [1.82, 2.24) is 9.88 Å². The number of aromatic nitrogens is 1. The van der Waals surface area contributed by atoms with Crippen molar-refractivity contribution in [3.05, 3.63) is 17.3 Å². The van der Waals surface area contributed by atoms with E-state index >= 15 is 0 Å². The van der Waals surface area contributed by atoms with Crippen molar-refractivity contribution >= 4 is 17.3 Å². The van der Waals surface area contributed by atoms with Crippen LogP contribution in [0.15, 0.2) is 9.41 Å². The summed E-state index contributed by atoms with van der Waals surface area (Å²) in [5.41, 5.74) is 0.432. The third-order valence-electron chi connectivity index (χ3n) is 3.10. The summed E-state index contributed by atoms with van der Waals surface area (Å²) in [5, 5.41) is 0. The van der Waals surface area contributed by atoms with Crippen LogP contribution in [0.5, 0.6) is 0 Å². The first-order chi connectivity index (χ1) is 9.52. The fourth-order valence-electron chi connectivity index (χ4n) is 2.04. The summed E-state index contributed by atoms with van der Waals surface area (Å²) in [6.45, 7) is 3.30. The van der Waals surface area contributed by atoms with Crippen LogP contribution < -0.4 is 0 Å². The summed E-state index contributed by atoms with van der Waals surface area (Å²) in [6, 6.07) is 0. The van der Waals surface area contributed by atoms with E-state index < -0.39 is 0 Å². The second-order valence-electron chi connectivity index (χ2n) is 5.05. The highest BCUT2D eigenvalue weighted by Crippen LogP contribution is 2.21. The molecule has 20 heavy (non-hydrogen) atoms. The van der Waals surface area contributed by atoms with Gasteiger partial charge in [-0.05, 0) is 27.1 Å². The van der Waals surface area contributed by atoms with Gasteiger partial charge in [0.1, 0.15) is 0 Å². The summed E-state index contributed by atoms with van der Waals surface area (Å²) in [7, 11) is 3.97. The van der Waals surface area contributed by atoms with E-state index in [2.05, 4.69) is 14.9 Å². The molecule has 0 radical (unpaired) electrons. The number of aryl methyl sites for hydroxylation is 1. The van der Waals surface area contributed by atoms with E-state index in [0.717, 1.165) is 13.0 Å². The predicted molar refractivity (Wildman–Crippen MR) is 74.6 cm³/mol. The van der Waals surface area contributed by atoms with Crippen molar-refractivity contribution in [2.75, 3.05) is 27.2 Å². The Morgan fingerprint density at radius 1 is 1.35 bits per heavy atom. The zero-order chi connectivity index (χ0) is 14.7. The SMILES string of the molecule is CCc1nc2c(o1)C(=O)CC(=NCCCN(C)C)C2=O. The van der Waals surface area contributed by atoms with Gasteiger partial charge in [-0.1, -0.05) is 6.92 Å². The van der Waals surface area contributed by atoms with Crippen molar-refractivity contribution < 1.29 is 14.0 Å². The Hall–Kier alpha value is -1.82. The van der Waals surface area contributed by atoms with Crippen LogP contribution >= 0.6 is 0 Å². The van der Waals surface area contributed by atoms with Gasteiger partial charge >= 0.3 is 0 Å². The smallest absolute Gasteiger partial charge is 0.229 e. The van der Waals surface area contributed by atoms with Gasteiger partial charge in [-0.25, -0.2) is 4.98 Å². The molecule has 0 atom stereocenters. The molecule has 0 amide bonds. The van der Waals surface area contributed by atoms with E-state index in [9.17, 15) is 9.59 Å². The van der Waals surface area contributed by atoms with Crippen LogP contribution in [-0.4, -0.2) is 54.3 Å². The number of nitrogens with zero attached hydrogens (tertiary/aromatic N) is 3. The molecular formula is C14H19N3O3. The summed E-state index contributed by atoms with van der Waals surface area (Å²) in [5.74, 6) is 0.0377. The zero-order valence-corrected chi connectivity index (χ0v) is 12.1. The molecule has 2 rings (SSSR count). The lowest BCUT2D eigenvalue weighted by atomic mass is 9.97. The van der Waals surface area contributed by atoms with E-state index in [0.29, 0.717) is 24.6 Å². The Balaban J connectivity index is 2.13. The van der Waals surface area contributed by atoms with Crippen molar-refractivity contribution in [2.45, 2.75) is 26.2 Å². The second kappa shape index (κ2) is 6.09. The Labute approximate surface area is 117 Å². The molecule has 1 aliphatic carbocycles. The van der Waals surface area contributed by atoms with Gasteiger partial charge in [0.05, 0.1) is 12.1 Å². The van der Waals surface area contributed by atoms with Crippen LogP contribution in [0.3, 0.4) is 0 Å². The first-order valence-electron chi connectivity index (χ1n) is 6.78. The molecule has 0 unspecified atom stereocenters. The Morgan fingerprint density at radius 3 is 2.75 bits per heavy atom. The van der Waals surface area contributed by atoms with Crippen molar-refractivity contribution in [2.24, 2.45) is 4.99 Å². The first kappa shape index (κ1) is 14.6. The standard InChI is InChI=1S/C14H19N3O3/c1-4-11-16-12-13(19)9(8-10(18)14(12)20-11)15-6-5-7-17(2)3/h4-8H2,1-3H3. The second-order valence-corrected chi connectivity index (χ2v) is 5.05. The fraction of sp³-hybridized carbons (Fsp3) is 0.571. The maximum atomic E-state index is 12.2. The lowest BCUT2D eigenvalue weighted by Crippen LogP contribution is -2.27. The van der Waals surface area contributed by atoms with Crippen molar-refractivity contribution in [3.8, 4) is 0 Å². The normalized spacial score (nSPS) is 17.1. The number of hydrogen-bond acceptors (Lipinski definition) is 6. The fourth-order valence-corrected chi connectivity index (χ4v) is 2.04. The van der Waals surface area contributed by atoms with Crippen LogP contribution in [0, 0.1) is 0 Å². The van der Waals surface area contributed by atoms with Gasteiger partial charge in [0.2, 0.25) is 17.3 Å².